The summed E-state index contributed by atoms with van der Waals surface area (Å²) in [6, 6.07) is 22.4. The van der Waals surface area contributed by atoms with E-state index in [2.05, 4.69) is 65.6 Å². The van der Waals surface area contributed by atoms with E-state index in [1.807, 2.05) is 67.1 Å². The molecule has 0 bridgehead atoms. The zero-order valence-corrected chi connectivity index (χ0v) is 21.0. The Bertz CT molecular complexity index is 1920. The molecule has 0 saturated carbocycles. The number of rotatable bonds is 6. The number of nitrogens with one attached hydrogen (secondary N) is 3. The van der Waals surface area contributed by atoms with Crippen molar-refractivity contribution in [3.8, 4) is 33.1 Å². The normalized spacial score (nSPS) is 11.3. The van der Waals surface area contributed by atoms with Gasteiger partial charge in [-0.15, -0.1) is 11.3 Å². The Kier molecular flexibility index (Phi) is 5.30. The van der Waals surface area contributed by atoms with E-state index in [0.29, 0.717) is 0 Å². The van der Waals surface area contributed by atoms with Crippen molar-refractivity contribution >= 4 is 44.7 Å². The van der Waals surface area contributed by atoms with Crippen LogP contribution < -0.4 is 5.32 Å². The van der Waals surface area contributed by atoms with Crippen LogP contribution in [0.4, 0.5) is 5.69 Å². The van der Waals surface area contributed by atoms with Crippen LogP contribution in [0.2, 0.25) is 0 Å². The lowest BCUT2D eigenvalue weighted by Crippen LogP contribution is -1.98. The quantitative estimate of drug-likeness (QED) is 0.217. The Labute approximate surface area is 222 Å². The molecule has 6 aromatic heterocycles. The number of anilines is 1. The summed E-state index contributed by atoms with van der Waals surface area (Å²) in [7, 11) is 0. The molecule has 0 fully saturated rings. The molecule has 7 nitrogen and oxygen atoms in total. The lowest BCUT2D eigenvalue weighted by atomic mass is 10.1. The number of benzene rings is 1. The molecule has 0 amide bonds. The van der Waals surface area contributed by atoms with Crippen molar-refractivity contribution in [1.29, 1.82) is 0 Å². The fourth-order valence-electron chi connectivity index (χ4n) is 4.61. The van der Waals surface area contributed by atoms with Gasteiger partial charge in [-0.1, -0.05) is 43.0 Å². The lowest BCUT2D eigenvalue weighted by molar-refractivity contribution is 1.10. The lowest BCUT2D eigenvalue weighted by Gasteiger charge is -2.11. The number of aromatic amines is 2. The van der Waals surface area contributed by atoms with Crippen LogP contribution in [-0.2, 0) is 0 Å². The van der Waals surface area contributed by atoms with Crippen LogP contribution in [-0.4, -0.2) is 30.1 Å². The van der Waals surface area contributed by atoms with E-state index in [4.69, 9.17) is 0 Å². The minimum atomic E-state index is 0.721. The van der Waals surface area contributed by atoms with E-state index in [1.165, 1.54) is 0 Å². The van der Waals surface area contributed by atoms with Crippen LogP contribution in [0.5, 0.6) is 0 Å². The predicted molar refractivity (Wildman–Crippen MR) is 155 cm³/mol. The van der Waals surface area contributed by atoms with Gasteiger partial charge < -0.3 is 10.3 Å². The molecule has 0 aliphatic rings. The van der Waals surface area contributed by atoms with Gasteiger partial charge in [-0.05, 0) is 41.3 Å². The first kappa shape index (κ1) is 22.1. The first-order valence-corrected chi connectivity index (χ1v) is 12.9. The molecule has 182 valence electrons. The highest BCUT2D eigenvalue weighted by molar-refractivity contribution is 7.13. The summed E-state index contributed by atoms with van der Waals surface area (Å²) in [4.78, 5) is 18.4. The number of nitrogens with zero attached hydrogens (tertiary/aromatic N) is 4. The molecule has 0 aliphatic heterocycles. The van der Waals surface area contributed by atoms with Gasteiger partial charge in [0.25, 0.3) is 0 Å². The standard InChI is InChI=1S/C30H21N7S/c1-18(19-6-3-2-4-7-19)34-22-12-20(15-31-17-22)21-13-24-28(36-37-30(24)33-16-21)26-14-23-25(35-26)9-10-32-29(23)27-8-5-11-38-27/h2-17,34-35H,1H2,(H,33,36,37). The van der Waals surface area contributed by atoms with Crippen molar-refractivity contribution in [1.82, 2.24) is 30.1 Å². The van der Waals surface area contributed by atoms with Crippen LogP contribution in [0.25, 0.3) is 60.7 Å². The van der Waals surface area contributed by atoms with Gasteiger partial charge in [-0.3, -0.25) is 15.1 Å². The first-order valence-electron chi connectivity index (χ1n) is 12.1. The van der Waals surface area contributed by atoms with Crippen molar-refractivity contribution in [3.05, 3.63) is 109 Å². The molecule has 0 atom stereocenters. The van der Waals surface area contributed by atoms with E-state index >= 15 is 0 Å². The van der Waals surface area contributed by atoms with Crippen LogP contribution in [0.15, 0.2) is 103 Å². The summed E-state index contributed by atoms with van der Waals surface area (Å²) >= 11 is 1.68. The molecule has 0 spiro atoms. The summed E-state index contributed by atoms with van der Waals surface area (Å²) in [6.07, 6.45) is 7.29. The smallest absolute Gasteiger partial charge is 0.155 e. The number of fused-ring (bicyclic) bond motifs is 2. The second-order valence-corrected chi connectivity index (χ2v) is 9.85. The summed E-state index contributed by atoms with van der Waals surface area (Å²) in [6.45, 7) is 4.17. The number of hydrogen-bond acceptors (Lipinski definition) is 6. The molecule has 38 heavy (non-hydrogen) atoms. The van der Waals surface area contributed by atoms with Crippen molar-refractivity contribution in [2.75, 3.05) is 5.32 Å². The first-order chi connectivity index (χ1) is 18.7. The highest BCUT2D eigenvalue weighted by atomic mass is 32.1. The maximum absolute atomic E-state index is 4.65. The van der Waals surface area contributed by atoms with Crippen molar-refractivity contribution < 1.29 is 0 Å². The Morgan fingerprint density at radius 1 is 0.842 bits per heavy atom. The van der Waals surface area contributed by atoms with Gasteiger partial charge in [-0.25, -0.2) is 4.98 Å². The topological polar surface area (TPSA) is 95.2 Å². The number of hydrogen-bond donors (Lipinski definition) is 3. The molecule has 6 heterocycles. The monoisotopic (exact) mass is 511 g/mol. The number of thiophene rings is 1. The Morgan fingerprint density at radius 3 is 2.61 bits per heavy atom. The third-order valence-electron chi connectivity index (χ3n) is 6.46. The molecule has 7 aromatic rings. The van der Waals surface area contributed by atoms with Crippen LogP contribution in [0, 0.1) is 0 Å². The van der Waals surface area contributed by atoms with E-state index in [-0.39, 0.29) is 0 Å². The molecule has 8 heteroatoms. The maximum Gasteiger partial charge on any atom is 0.155 e. The van der Waals surface area contributed by atoms with Crippen LogP contribution >= 0.6 is 11.3 Å². The summed E-state index contributed by atoms with van der Waals surface area (Å²) in [5.74, 6) is 0. The average Bonchev–Trinajstić information content (AvgIpc) is 3.73. The summed E-state index contributed by atoms with van der Waals surface area (Å²) in [5.41, 5.74) is 8.99. The van der Waals surface area contributed by atoms with Gasteiger partial charge in [0.2, 0.25) is 0 Å². The van der Waals surface area contributed by atoms with Crippen molar-refractivity contribution in [3.63, 3.8) is 0 Å². The van der Waals surface area contributed by atoms with Crippen LogP contribution in [0.3, 0.4) is 0 Å². The predicted octanol–water partition coefficient (Wildman–Crippen LogP) is 7.37. The molecule has 0 saturated heterocycles. The number of pyridine rings is 3. The largest absolute Gasteiger partial charge is 0.354 e. The number of H-pyrrole nitrogens is 2. The van der Waals surface area contributed by atoms with Gasteiger partial charge in [-0.2, -0.15) is 5.10 Å². The van der Waals surface area contributed by atoms with Gasteiger partial charge in [0.1, 0.15) is 5.69 Å². The fraction of sp³-hybridized carbons (Fsp3) is 0. The average molecular weight is 512 g/mol. The molecule has 0 aliphatic carbocycles. The van der Waals surface area contributed by atoms with Crippen molar-refractivity contribution in [2.24, 2.45) is 0 Å². The molecule has 0 unspecified atom stereocenters. The third-order valence-corrected chi connectivity index (χ3v) is 7.34. The van der Waals surface area contributed by atoms with Gasteiger partial charge in [0.05, 0.1) is 28.1 Å². The zero-order valence-electron chi connectivity index (χ0n) is 20.1. The van der Waals surface area contributed by atoms with E-state index in [1.54, 1.807) is 17.5 Å². The Hall–Kier alpha value is -5.08. The second-order valence-electron chi connectivity index (χ2n) is 8.91. The Balaban J connectivity index is 1.25. The molecule has 0 radical (unpaired) electrons. The molecule has 3 N–H and O–H groups in total. The van der Waals surface area contributed by atoms with E-state index in [0.717, 1.165) is 72.0 Å². The fourth-order valence-corrected chi connectivity index (χ4v) is 5.34. The van der Waals surface area contributed by atoms with E-state index in [9.17, 15) is 0 Å². The zero-order chi connectivity index (χ0) is 25.5. The minimum absolute atomic E-state index is 0.721. The molecular formula is C30H21N7S. The van der Waals surface area contributed by atoms with Crippen LogP contribution in [0.1, 0.15) is 5.56 Å². The highest BCUT2D eigenvalue weighted by Gasteiger charge is 2.16. The molecular weight excluding hydrogens is 490 g/mol. The molecule has 7 rings (SSSR count). The minimum Gasteiger partial charge on any atom is -0.354 e. The summed E-state index contributed by atoms with van der Waals surface area (Å²) < 4.78 is 0. The van der Waals surface area contributed by atoms with Crippen molar-refractivity contribution in [2.45, 2.75) is 0 Å². The van der Waals surface area contributed by atoms with Gasteiger partial charge in [0.15, 0.2) is 5.65 Å². The Morgan fingerprint density at radius 2 is 1.74 bits per heavy atom. The SMILES string of the molecule is C=C(Nc1cncc(-c2cnc3[nH]nc(-c4cc5c(-c6cccs6)nccc5[nH]4)c3c2)c1)c1ccccc1. The third kappa shape index (κ3) is 3.93. The highest BCUT2D eigenvalue weighted by Crippen LogP contribution is 2.35. The van der Waals surface area contributed by atoms with E-state index < -0.39 is 0 Å². The van der Waals surface area contributed by atoms with Gasteiger partial charge >= 0.3 is 0 Å². The van der Waals surface area contributed by atoms with Gasteiger partial charge in [0, 0.05) is 51.7 Å². The molecule has 1 aromatic carbocycles. The second kappa shape index (κ2) is 9.10. The number of aromatic nitrogens is 6. The summed E-state index contributed by atoms with van der Waals surface area (Å²) in [5, 5.41) is 15.1. The maximum atomic E-state index is 4.65.